The third-order valence-corrected chi connectivity index (χ3v) is 2.63. The second-order valence-corrected chi connectivity index (χ2v) is 3.94. The van der Waals surface area contributed by atoms with Crippen molar-refractivity contribution < 1.29 is 17.9 Å². The Morgan fingerprint density at radius 3 is 2.53 bits per heavy atom. The zero-order chi connectivity index (χ0) is 11.1. The molecule has 4 heteroatoms. The summed E-state index contributed by atoms with van der Waals surface area (Å²) in [6.07, 6.45) is -3.55. The average molecular weight is 216 g/mol. The SMILES string of the molecule is CC1CC1c1cccc(OC(F)(F)F)c1. The van der Waals surface area contributed by atoms with Crippen molar-refractivity contribution in [1.29, 1.82) is 0 Å². The lowest BCUT2D eigenvalue weighted by Gasteiger charge is -2.09. The molecule has 2 rings (SSSR count). The number of benzene rings is 1. The van der Waals surface area contributed by atoms with Crippen LogP contribution in [-0.2, 0) is 0 Å². The van der Waals surface area contributed by atoms with Gasteiger partial charge in [-0.05, 0) is 36.0 Å². The van der Waals surface area contributed by atoms with Gasteiger partial charge in [-0.15, -0.1) is 13.2 Å². The Bertz CT molecular complexity index is 359. The molecule has 0 heterocycles. The molecule has 0 spiro atoms. The van der Waals surface area contributed by atoms with Crippen LogP contribution in [0.3, 0.4) is 0 Å². The van der Waals surface area contributed by atoms with E-state index in [0.717, 1.165) is 12.0 Å². The van der Waals surface area contributed by atoms with Gasteiger partial charge >= 0.3 is 6.36 Å². The molecule has 0 aromatic heterocycles. The van der Waals surface area contributed by atoms with Gasteiger partial charge in [0.15, 0.2) is 0 Å². The summed E-state index contributed by atoms with van der Waals surface area (Å²) in [5.74, 6) is 0.854. The minimum atomic E-state index is -4.60. The Morgan fingerprint density at radius 2 is 2.00 bits per heavy atom. The highest BCUT2D eigenvalue weighted by Gasteiger charge is 2.35. The normalized spacial score (nSPS) is 25.1. The van der Waals surface area contributed by atoms with Crippen LogP contribution in [0.25, 0.3) is 0 Å². The van der Waals surface area contributed by atoms with Gasteiger partial charge in [0.05, 0.1) is 0 Å². The van der Waals surface area contributed by atoms with E-state index in [1.807, 2.05) is 6.07 Å². The number of rotatable bonds is 2. The number of hydrogen-bond acceptors (Lipinski definition) is 1. The molecule has 82 valence electrons. The first-order valence-corrected chi connectivity index (χ1v) is 4.81. The molecule has 2 atom stereocenters. The Labute approximate surface area is 85.9 Å². The zero-order valence-corrected chi connectivity index (χ0v) is 8.21. The van der Waals surface area contributed by atoms with Crippen molar-refractivity contribution in [3.8, 4) is 5.75 Å². The van der Waals surface area contributed by atoms with Crippen LogP contribution in [0, 0.1) is 5.92 Å². The van der Waals surface area contributed by atoms with E-state index in [9.17, 15) is 13.2 Å². The molecule has 1 saturated carbocycles. The third kappa shape index (κ3) is 2.64. The fourth-order valence-corrected chi connectivity index (χ4v) is 1.73. The summed E-state index contributed by atoms with van der Waals surface area (Å²) in [6.45, 7) is 2.09. The average Bonchev–Trinajstić information content (AvgIpc) is 2.80. The summed E-state index contributed by atoms with van der Waals surface area (Å²) in [4.78, 5) is 0. The van der Waals surface area contributed by atoms with Crippen LogP contribution < -0.4 is 4.74 Å². The zero-order valence-electron chi connectivity index (χ0n) is 8.21. The van der Waals surface area contributed by atoms with Crippen LogP contribution in [0.4, 0.5) is 13.2 Å². The molecule has 0 N–H and O–H groups in total. The van der Waals surface area contributed by atoms with Crippen molar-refractivity contribution in [2.24, 2.45) is 5.92 Å². The smallest absolute Gasteiger partial charge is 0.406 e. The van der Waals surface area contributed by atoms with Gasteiger partial charge in [0, 0.05) is 0 Å². The van der Waals surface area contributed by atoms with Crippen molar-refractivity contribution >= 4 is 0 Å². The van der Waals surface area contributed by atoms with E-state index >= 15 is 0 Å². The van der Waals surface area contributed by atoms with Gasteiger partial charge in [-0.2, -0.15) is 0 Å². The van der Waals surface area contributed by atoms with E-state index in [1.54, 1.807) is 6.07 Å². The highest BCUT2D eigenvalue weighted by atomic mass is 19.4. The van der Waals surface area contributed by atoms with Gasteiger partial charge in [0.2, 0.25) is 0 Å². The van der Waals surface area contributed by atoms with Crippen LogP contribution in [0.1, 0.15) is 24.8 Å². The number of hydrogen-bond donors (Lipinski definition) is 0. The molecule has 1 aliphatic rings. The molecule has 1 fully saturated rings. The van der Waals surface area contributed by atoms with Crippen molar-refractivity contribution in [2.45, 2.75) is 25.6 Å². The van der Waals surface area contributed by atoms with E-state index in [2.05, 4.69) is 11.7 Å². The van der Waals surface area contributed by atoms with Crippen molar-refractivity contribution in [3.63, 3.8) is 0 Å². The Morgan fingerprint density at radius 1 is 1.33 bits per heavy atom. The largest absolute Gasteiger partial charge is 0.573 e. The molecular weight excluding hydrogens is 205 g/mol. The quantitative estimate of drug-likeness (QED) is 0.732. The minimum Gasteiger partial charge on any atom is -0.406 e. The summed E-state index contributed by atoms with van der Waals surface area (Å²) in [5.41, 5.74) is 0.934. The van der Waals surface area contributed by atoms with Gasteiger partial charge in [-0.3, -0.25) is 0 Å². The highest BCUT2D eigenvalue weighted by Crippen LogP contribution is 2.47. The van der Waals surface area contributed by atoms with E-state index in [1.165, 1.54) is 12.1 Å². The predicted octanol–water partition coefficient (Wildman–Crippen LogP) is 3.71. The summed E-state index contributed by atoms with van der Waals surface area (Å²) >= 11 is 0. The monoisotopic (exact) mass is 216 g/mol. The fourth-order valence-electron chi connectivity index (χ4n) is 1.73. The lowest BCUT2D eigenvalue weighted by atomic mass is 10.1. The molecule has 0 aliphatic heterocycles. The Kier molecular flexibility index (Phi) is 2.37. The molecule has 2 unspecified atom stereocenters. The molecule has 0 amide bonds. The van der Waals surface area contributed by atoms with Gasteiger partial charge in [-0.25, -0.2) is 0 Å². The second kappa shape index (κ2) is 3.43. The summed E-state index contributed by atoms with van der Waals surface area (Å²) < 4.78 is 39.7. The van der Waals surface area contributed by atoms with Crippen LogP contribution >= 0.6 is 0 Å². The molecule has 0 radical (unpaired) electrons. The van der Waals surface area contributed by atoms with E-state index < -0.39 is 6.36 Å². The van der Waals surface area contributed by atoms with Crippen molar-refractivity contribution in [1.82, 2.24) is 0 Å². The predicted molar refractivity (Wildman–Crippen MR) is 49.6 cm³/mol. The van der Waals surface area contributed by atoms with E-state index in [-0.39, 0.29) is 5.75 Å². The second-order valence-electron chi connectivity index (χ2n) is 3.94. The van der Waals surface area contributed by atoms with Crippen LogP contribution in [0.5, 0.6) is 5.75 Å². The standard InChI is InChI=1S/C11H11F3O/c1-7-5-10(7)8-3-2-4-9(6-8)15-11(12,13)14/h2-4,6-7,10H,5H2,1H3. The molecule has 15 heavy (non-hydrogen) atoms. The molecule has 1 nitrogen and oxygen atoms in total. The topological polar surface area (TPSA) is 9.23 Å². The molecule has 0 saturated heterocycles. The lowest BCUT2D eigenvalue weighted by Crippen LogP contribution is -2.17. The van der Waals surface area contributed by atoms with Gasteiger partial charge in [-0.1, -0.05) is 19.1 Å². The van der Waals surface area contributed by atoms with E-state index in [4.69, 9.17) is 0 Å². The maximum absolute atomic E-state index is 11.9. The number of alkyl halides is 3. The molecule has 1 aliphatic carbocycles. The van der Waals surface area contributed by atoms with Crippen molar-refractivity contribution in [2.75, 3.05) is 0 Å². The van der Waals surface area contributed by atoms with Crippen LogP contribution in [-0.4, -0.2) is 6.36 Å². The summed E-state index contributed by atoms with van der Waals surface area (Å²) in [5, 5.41) is 0. The Balaban J connectivity index is 2.13. The van der Waals surface area contributed by atoms with Gasteiger partial charge in [0.25, 0.3) is 0 Å². The maximum Gasteiger partial charge on any atom is 0.573 e. The van der Waals surface area contributed by atoms with Gasteiger partial charge in [0.1, 0.15) is 5.75 Å². The first kappa shape index (κ1) is 10.3. The molecule has 1 aromatic carbocycles. The Hall–Kier alpha value is -1.19. The first-order chi connectivity index (χ1) is 6.96. The molecule has 0 bridgehead atoms. The summed E-state index contributed by atoms with van der Waals surface area (Å²) in [6, 6.07) is 6.24. The van der Waals surface area contributed by atoms with Crippen LogP contribution in [0.15, 0.2) is 24.3 Å². The van der Waals surface area contributed by atoms with Gasteiger partial charge < -0.3 is 4.74 Å². The molecular formula is C11H11F3O. The number of ether oxygens (including phenoxy) is 1. The van der Waals surface area contributed by atoms with Crippen molar-refractivity contribution in [3.05, 3.63) is 29.8 Å². The maximum atomic E-state index is 11.9. The summed E-state index contributed by atoms with van der Waals surface area (Å²) in [7, 11) is 0. The number of halogens is 3. The third-order valence-electron chi connectivity index (χ3n) is 2.63. The first-order valence-electron chi connectivity index (χ1n) is 4.81. The lowest BCUT2D eigenvalue weighted by molar-refractivity contribution is -0.274. The highest BCUT2D eigenvalue weighted by molar-refractivity contribution is 5.33. The van der Waals surface area contributed by atoms with E-state index in [0.29, 0.717) is 11.8 Å². The fraction of sp³-hybridized carbons (Fsp3) is 0.455. The minimum absolute atomic E-state index is 0.126. The van der Waals surface area contributed by atoms with Crippen LogP contribution in [0.2, 0.25) is 0 Å². The molecule has 1 aromatic rings.